The SMILES string of the molecule is Cc1noc(NS(=O)(=O)c2ccccc2-c2ccc(-c3ncco3)cc2-c2cnc(C(C)C)o2)c1C. The van der Waals surface area contributed by atoms with Crippen LogP contribution >= 0.6 is 0 Å². The third-order valence-electron chi connectivity index (χ3n) is 5.83. The molecule has 2 aromatic carbocycles. The highest BCUT2D eigenvalue weighted by Crippen LogP contribution is 2.39. The summed E-state index contributed by atoms with van der Waals surface area (Å²) in [4.78, 5) is 8.71. The van der Waals surface area contributed by atoms with Crippen LogP contribution in [0.5, 0.6) is 0 Å². The second kappa shape index (κ2) is 9.12. The van der Waals surface area contributed by atoms with Crippen molar-refractivity contribution in [3.63, 3.8) is 0 Å². The van der Waals surface area contributed by atoms with Gasteiger partial charge in [-0.05, 0) is 37.6 Å². The molecule has 36 heavy (non-hydrogen) atoms. The highest BCUT2D eigenvalue weighted by Gasteiger charge is 2.25. The van der Waals surface area contributed by atoms with E-state index < -0.39 is 10.0 Å². The van der Waals surface area contributed by atoms with Gasteiger partial charge in [0.05, 0.1) is 23.0 Å². The van der Waals surface area contributed by atoms with E-state index in [0.717, 1.165) is 0 Å². The minimum atomic E-state index is -4.02. The molecule has 0 atom stereocenters. The molecule has 5 aromatic rings. The molecule has 9 nitrogen and oxygen atoms in total. The van der Waals surface area contributed by atoms with E-state index in [0.29, 0.717) is 51.1 Å². The summed E-state index contributed by atoms with van der Waals surface area (Å²) in [6, 6.07) is 12.2. The third-order valence-corrected chi connectivity index (χ3v) is 7.22. The van der Waals surface area contributed by atoms with Gasteiger partial charge in [-0.25, -0.2) is 23.1 Å². The number of benzene rings is 2. The van der Waals surface area contributed by atoms with Crippen LogP contribution in [0.25, 0.3) is 33.9 Å². The van der Waals surface area contributed by atoms with Gasteiger partial charge >= 0.3 is 0 Å². The Kier molecular flexibility index (Phi) is 5.97. The molecule has 0 fully saturated rings. The molecule has 10 heteroatoms. The largest absolute Gasteiger partial charge is 0.445 e. The van der Waals surface area contributed by atoms with Crippen LogP contribution in [-0.4, -0.2) is 23.5 Å². The van der Waals surface area contributed by atoms with Crippen molar-refractivity contribution in [2.45, 2.75) is 38.5 Å². The molecule has 0 aliphatic rings. The van der Waals surface area contributed by atoms with Gasteiger partial charge < -0.3 is 13.4 Å². The summed E-state index contributed by atoms with van der Waals surface area (Å²) in [5.74, 6) is 1.69. The predicted molar refractivity (Wildman–Crippen MR) is 134 cm³/mol. The van der Waals surface area contributed by atoms with Crippen molar-refractivity contribution < 1.29 is 21.8 Å². The first-order valence-electron chi connectivity index (χ1n) is 11.3. The Morgan fingerprint density at radius 3 is 2.44 bits per heavy atom. The Hall–Kier alpha value is -4.18. The summed E-state index contributed by atoms with van der Waals surface area (Å²) >= 11 is 0. The van der Waals surface area contributed by atoms with Gasteiger partial charge in [-0.1, -0.05) is 43.3 Å². The predicted octanol–water partition coefficient (Wildman–Crippen LogP) is 6.19. The maximum Gasteiger partial charge on any atom is 0.264 e. The number of hydrogen-bond donors (Lipinski definition) is 1. The lowest BCUT2D eigenvalue weighted by Gasteiger charge is -2.14. The number of nitrogens with zero attached hydrogens (tertiary/aromatic N) is 3. The maximum absolute atomic E-state index is 13.5. The van der Waals surface area contributed by atoms with Gasteiger partial charge in [-0.15, -0.1) is 0 Å². The first kappa shape index (κ1) is 23.6. The van der Waals surface area contributed by atoms with Crippen molar-refractivity contribution in [3.8, 4) is 33.9 Å². The highest BCUT2D eigenvalue weighted by molar-refractivity contribution is 7.92. The van der Waals surface area contributed by atoms with Crippen molar-refractivity contribution in [1.29, 1.82) is 0 Å². The number of sulfonamides is 1. The van der Waals surface area contributed by atoms with E-state index in [-0.39, 0.29) is 16.7 Å². The molecule has 0 aliphatic heterocycles. The summed E-state index contributed by atoms with van der Waals surface area (Å²) in [6.07, 6.45) is 4.70. The molecule has 0 spiro atoms. The first-order chi connectivity index (χ1) is 17.2. The quantitative estimate of drug-likeness (QED) is 0.278. The molecule has 3 heterocycles. The summed E-state index contributed by atoms with van der Waals surface area (Å²) < 4.78 is 46.2. The number of aryl methyl sites for hydroxylation is 1. The second-order valence-corrected chi connectivity index (χ2v) is 10.3. The van der Waals surface area contributed by atoms with Gasteiger partial charge in [0.25, 0.3) is 10.0 Å². The summed E-state index contributed by atoms with van der Waals surface area (Å²) in [7, 11) is -4.02. The standard InChI is InChI=1S/C26H24N4O5S/c1-15(2)24-28-14-22(34-24)21-13-18(26-27-11-12-33-26)9-10-19(21)20-7-5-6-8-23(20)36(31,32)30-25-16(3)17(4)29-35-25/h5-15,30H,1-4H3. The average molecular weight is 505 g/mol. The Bertz CT molecular complexity index is 1630. The molecular weight excluding hydrogens is 480 g/mol. The topological polar surface area (TPSA) is 124 Å². The molecule has 0 bridgehead atoms. The van der Waals surface area contributed by atoms with Gasteiger partial charge in [-0.2, -0.15) is 0 Å². The summed E-state index contributed by atoms with van der Waals surface area (Å²) in [6.45, 7) is 7.46. The number of rotatable bonds is 7. The molecule has 0 radical (unpaired) electrons. The Morgan fingerprint density at radius 1 is 0.972 bits per heavy atom. The molecule has 0 saturated heterocycles. The van der Waals surface area contributed by atoms with E-state index in [2.05, 4.69) is 19.8 Å². The van der Waals surface area contributed by atoms with Crippen LogP contribution < -0.4 is 4.72 Å². The molecular formula is C26H24N4O5S. The fourth-order valence-corrected chi connectivity index (χ4v) is 5.04. The zero-order valence-corrected chi connectivity index (χ0v) is 21.0. The van der Waals surface area contributed by atoms with Crippen LogP contribution in [0.1, 0.15) is 36.9 Å². The molecule has 0 amide bonds. The van der Waals surface area contributed by atoms with E-state index >= 15 is 0 Å². The lowest BCUT2D eigenvalue weighted by atomic mass is 9.96. The van der Waals surface area contributed by atoms with Gasteiger partial charge in [0.2, 0.25) is 11.8 Å². The average Bonchev–Trinajstić information content (AvgIpc) is 3.63. The zero-order chi connectivity index (χ0) is 25.4. The van der Waals surface area contributed by atoms with Gasteiger partial charge in [-0.3, -0.25) is 0 Å². The van der Waals surface area contributed by atoms with Crippen LogP contribution in [0.4, 0.5) is 5.88 Å². The lowest BCUT2D eigenvalue weighted by molar-refractivity contribution is 0.430. The minimum absolute atomic E-state index is 0.0761. The van der Waals surface area contributed by atoms with E-state index in [1.807, 2.05) is 32.0 Å². The Balaban J connectivity index is 1.67. The maximum atomic E-state index is 13.5. The van der Waals surface area contributed by atoms with E-state index in [1.54, 1.807) is 50.5 Å². The molecule has 0 unspecified atom stereocenters. The number of oxazole rings is 2. The lowest BCUT2D eigenvalue weighted by Crippen LogP contribution is -2.14. The van der Waals surface area contributed by atoms with Crippen LogP contribution in [0.15, 0.2) is 79.4 Å². The minimum Gasteiger partial charge on any atom is -0.445 e. The zero-order valence-electron chi connectivity index (χ0n) is 20.1. The molecule has 5 rings (SSSR count). The van der Waals surface area contributed by atoms with Crippen molar-refractivity contribution in [3.05, 3.63) is 78.3 Å². The van der Waals surface area contributed by atoms with Crippen LogP contribution in [0.2, 0.25) is 0 Å². The smallest absolute Gasteiger partial charge is 0.264 e. The normalized spacial score (nSPS) is 11.8. The number of hydrogen-bond acceptors (Lipinski definition) is 8. The second-order valence-electron chi connectivity index (χ2n) is 8.64. The van der Waals surface area contributed by atoms with Gasteiger partial charge in [0.15, 0.2) is 11.7 Å². The molecule has 1 N–H and O–H groups in total. The van der Waals surface area contributed by atoms with Gasteiger partial charge in [0.1, 0.15) is 6.26 Å². The van der Waals surface area contributed by atoms with Crippen molar-refractivity contribution >= 4 is 15.9 Å². The fraction of sp³-hybridized carbons (Fsp3) is 0.192. The summed E-state index contributed by atoms with van der Waals surface area (Å²) in [5.41, 5.74) is 3.72. The first-order valence-corrected chi connectivity index (χ1v) is 12.8. The number of nitrogens with one attached hydrogen (secondary N) is 1. The van der Waals surface area contributed by atoms with E-state index in [4.69, 9.17) is 13.4 Å². The van der Waals surface area contributed by atoms with E-state index in [1.165, 1.54) is 6.26 Å². The molecule has 0 saturated carbocycles. The van der Waals surface area contributed by atoms with Crippen molar-refractivity contribution in [1.82, 2.24) is 15.1 Å². The highest BCUT2D eigenvalue weighted by atomic mass is 32.2. The van der Waals surface area contributed by atoms with Crippen molar-refractivity contribution in [2.24, 2.45) is 0 Å². The summed E-state index contributed by atoms with van der Waals surface area (Å²) in [5, 5.41) is 3.84. The monoisotopic (exact) mass is 504 g/mol. The van der Waals surface area contributed by atoms with Crippen LogP contribution in [-0.2, 0) is 10.0 Å². The van der Waals surface area contributed by atoms with Crippen molar-refractivity contribution in [2.75, 3.05) is 4.72 Å². The van der Waals surface area contributed by atoms with Gasteiger partial charge in [0, 0.05) is 28.2 Å². The Morgan fingerprint density at radius 2 is 1.78 bits per heavy atom. The third kappa shape index (κ3) is 4.31. The fourth-order valence-electron chi connectivity index (χ4n) is 3.77. The van der Waals surface area contributed by atoms with Crippen LogP contribution in [0.3, 0.4) is 0 Å². The molecule has 3 aromatic heterocycles. The van der Waals surface area contributed by atoms with E-state index in [9.17, 15) is 8.42 Å². The molecule has 0 aliphatic carbocycles. The number of aromatic nitrogens is 3. The molecule has 184 valence electrons. The van der Waals surface area contributed by atoms with Crippen LogP contribution in [0, 0.1) is 13.8 Å². The number of anilines is 1. The Labute approximate surface area is 208 Å².